The molecule has 30 heavy (non-hydrogen) atoms. The molecule has 0 saturated carbocycles. The molecule has 0 bridgehead atoms. The second-order valence-electron chi connectivity index (χ2n) is 6.85. The number of guanidine groups is 1. The number of rotatable bonds is 6. The first-order chi connectivity index (χ1) is 14.5. The van der Waals surface area contributed by atoms with Gasteiger partial charge in [-0.1, -0.05) is 12.1 Å². The summed E-state index contributed by atoms with van der Waals surface area (Å²) < 4.78 is 1.67. The lowest BCUT2D eigenvalue weighted by Crippen LogP contribution is -2.55. The van der Waals surface area contributed by atoms with Crippen LogP contribution in [0.25, 0.3) is 0 Å². The number of benzene rings is 1. The third-order valence-corrected chi connectivity index (χ3v) is 4.67. The Labute approximate surface area is 175 Å². The van der Waals surface area contributed by atoms with Gasteiger partial charge in [0.1, 0.15) is 12.3 Å². The average molecular weight is 413 g/mol. The lowest BCUT2D eigenvalue weighted by atomic mass is 10.2. The number of carbonyl (C=O) groups is 2. The molecule has 0 spiro atoms. The molecular formula is C20H27N7O3. The number of aromatic nitrogens is 2. The number of nitrogens with zero attached hydrogens (tertiary/aromatic N) is 5. The molecule has 0 atom stereocenters. The zero-order valence-corrected chi connectivity index (χ0v) is 17.2. The van der Waals surface area contributed by atoms with Gasteiger partial charge in [0.15, 0.2) is 5.96 Å². The number of phenolic OH excluding ortho intramolecular Hbond substituents is 1. The summed E-state index contributed by atoms with van der Waals surface area (Å²) in [5.74, 6) is 0.201. The van der Waals surface area contributed by atoms with Crippen molar-refractivity contribution in [1.82, 2.24) is 25.3 Å². The van der Waals surface area contributed by atoms with E-state index in [-0.39, 0.29) is 29.7 Å². The molecule has 1 saturated heterocycles. The van der Waals surface area contributed by atoms with Gasteiger partial charge in [-0.15, -0.1) is 0 Å². The Morgan fingerprint density at radius 3 is 2.73 bits per heavy atom. The van der Waals surface area contributed by atoms with Crippen molar-refractivity contribution in [2.45, 2.75) is 6.92 Å². The largest absolute Gasteiger partial charge is 0.507 e. The Kier molecular flexibility index (Phi) is 6.89. The predicted octanol–water partition coefficient (Wildman–Crippen LogP) is 0.170. The van der Waals surface area contributed by atoms with Gasteiger partial charge in [0.25, 0.3) is 5.91 Å². The molecule has 10 nitrogen and oxygen atoms in total. The number of anilines is 1. The molecule has 3 N–H and O–H groups in total. The maximum absolute atomic E-state index is 12.6. The smallest absolute Gasteiger partial charge is 0.255 e. The standard InChI is InChI=1S/C20H27N7O3/c1-3-21-20(23-9-8-22-19(30)16-6-4-5-7-17(16)28)26-10-11-27(18(29)14-26)15-12-24-25(2)13-15/h4-7,12-13,28H,3,8-11,14H2,1-2H3,(H,21,23)(H,22,30). The number of aryl methyl sites for hydroxylation is 1. The van der Waals surface area contributed by atoms with Gasteiger partial charge in [-0.3, -0.25) is 19.3 Å². The number of hydrogen-bond donors (Lipinski definition) is 3. The van der Waals surface area contributed by atoms with E-state index in [1.807, 2.05) is 25.1 Å². The van der Waals surface area contributed by atoms with Crippen molar-refractivity contribution in [3.8, 4) is 5.75 Å². The van der Waals surface area contributed by atoms with Crippen molar-refractivity contribution in [1.29, 1.82) is 0 Å². The van der Waals surface area contributed by atoms with Crippen molar-refractivity contribution in [2.75, 3.05) is 44.2 Å². The molecule has 10 heteroatoms. The molecular weight excluding hydrogens is 386 g/mol. The van der Waals surface area contributed by atoms with Crippen LogP contribution in [-0.2, 0) is 11.8 Å². The summed E-state index contributed by atoms with van der Waals surface area (Å²) in [6.45, 7) is 4.67. The second kappa shape index (κ2) is 9.77. The fourth-order valence-electron chi connectivity index (χ4n) is 3.19. The quantitative estimate of drug-likeness (QED) is 0.353. The first-order valence-corrected chi connectivity index (χ1v) is 9.88. The molecule has 1 aliphatic rings. The highest BCUT2D eigenvalue weighted by Crippen LogP contribution is 2.16. The van der Waals surface area contributed by atoms with Crippen LogP contribution in [0.2, 0.25) is 0 Å². The molecule has 0 radical (unpaired) electrons. The van der Waals surface area contributed by atoms with E-state index in [4.69, 9.17) is 0 Å². The number of aromatic hydroxyl groups is 1. The minimum Gasteiger partial charge on any atom is -0.507 e. The molecule has 0 unspecified atom stereocenters. The number of carbonyl (C=O) groups excluding carboxylic acids is 2. The fraction of sp³-hybridized carbons (Fsp3) is 0.400. The molecule has 2 amide bonds. The lowest BCUT2D eigenvalue weighted by molar-refractivity contribution is -0.120. The lowest BCUT2D eigenvalue weighted by Gasteiger charge is -2.35. The number of phenols is 1. The van der Waals surface area contributed by atoms with E-state index in [2.05, 4.69) is 20.7 Å². The molecule has 3 rings (SSSR count). The van der Waals surface area contributed by atoms with Gasteiger partial charge in [-0.25, -0.2) is 0 Å². The molecule has 160 valence electrons. The summed E-state index contributed by atoms with van der Waals surface area (Å²) in [5.41, 5.74) is 1.02. The van der Waals surface area contributed by atoms with Crippen molar-refractivity contribution in [3.63, 3.8) is 0 Å². The van der Waals surface area contributed by atoms with Gasteiger partial charge in [0.2, 0.25) is 5.91 Å². The SMILES string of the molecule is CCNC(=NCCNC(=O)c1ccccc1O)N1CCN(c2cnn(C)c2)C(=O)C1. The Morgan fingerprint density at radius 2 is 2.07 bits per heavy atom. The number of amides is 2. The van der Waals surface area contributed by atoms with E-state index in [1.54, 1.807) is 34.0 Å². The molecule has 1 aliphatic heterocycles. The van der Waals surface area contributed by atoms with Crippen LogP contribution in [0.1, 0.15) is 17.3 Å². The van der Waals surface area contributed by atoms with Crippen LogP contribution in [0.4, 0.5) is 5.69 Å². The van der Waals surface area contributed by atoms with Gasteiger partial charge in [-0.05, 0) is 19.1 Å². The third-order valence-electron chi connectivity index (χ3n) is 4.67. The summed E-state index contributed by atoms with van der Waals surface area (Å²) in [4.78, 5) is 32.9. The van der Waals surface area contributed by atoms with E-state index in [9.17, 15) is 14.7 Å². The van der Waals surface area contributed by atoms with Gasteiger partial charge in [0, 0.05) is 39.4 Å². The van der Waals surface area contributed by atoms with E-state index in [1.165, 1.54) is 6.07 Å². The van der Waals surface area contributed by atoms with Crippen molar-refractivity contribution in [2.24, 2.45) is 12.0 Å². The minimum atomic E-state index is -0.353. The van der Waals surface area contributed by atoms with Crippen molar-refractivity contribution in [3.05, 3.63) is 42.2 Å². The zero-order chi connectivity index (χ0) is 21.5. The van der Waals surface area contributed by atoms with E-state index >= 15 is 0 Å². The van der Waals surface area contributed by atoms with E-state index in [0.717, 1.165) is 5.69 Å². The highest BCUT2D eigenvalue weighted by atomic mass is 16.3. The van der Waals surface area contributed by atoms with E-state index < -0.39 is 0 Å². The Morgan fingerprint density at radius 1 is 1.27 bits per heavy atom. The molecule has 2 aromatic rings. The second-order valence-corrected chi connectivity index (χ2v) is 6.85. The summed E-state index contributed by atoms with van der Waals surface area (Å²) in [5, 5.41) is 19.8. The summed E-state index contributed by atoms with van der Waals surface area (Å²) in [6, 6.07) is 6.39. The predicted molar refractivity (Wildman–Crippen MR) is 114 cm³/mol. The topological polar surface area (TPSA) is 115 Å². The van der Waals surface area contributed by atoms with Crippen molar-refractivity contribution >= 4 is 23.5 Å². The van der Waals surface area contributed by atoms with Gasteiger partial charge in [-0.2, -0.15) is 5.10 Å². The first-order valence-electron chi connectivity index (χ1n) is 9.88. The Bertz CT molecular complexity index is 925. The molecule has 2 heterocycles. The third kappa shape index (κ3) is 5.07. The maximum atomic E-state index is 12.6. The van der Waals surface area contributed by atoms with Crippen LogP contribution in [0.3, 0.4) is 0 Å². The zero-order valence-electron chi connectivity index (χ0n) is 17.2. The number of hydrogen-bond acceptors (Lipinski definition) is 5. The number of aliphatic imine (C=N–C) groups is 1. The van der Waals surface area contributed by atoms with Crippen molar-refractivity contribution < 1.29 is 14.7 Å². The highest BCUT2D eigenvalue weighted by Gasteiger charge is 2.27. The number of piperazine rings is 1. The molecule has 0 aliphatic carbocycles. The van der Waals surface area contributed by atoms with Crippen LogP contribution < -0.4 is 15.5 Å². The normalized spacial score (nSPS) is 14.7. The number of nitrogens with one attached hydrogen (secondary N) is 2. The summed E-state index contributed by atoms with van der Waals surface area (Å²) in [6.07, 6.45) is 3.50. The van der Waals surface area contributed by atoms with Gasteiger partial charge in [0.05, 0.1) is 24.0 Å². The molecule has 1 aromatic carbocycles. The highest BCUT2D eigenvalue weighted by molar-refractivity contribution is 5.98. The monoisotopic (exact) mass is 413 g/mol. The summed E-state index contributed by atoms with van der Waals surface area (Å²) >= 11 is 0. The number of para-hydroxylation sites is 1. The Hall–Kier alpha value is -3.56. The first kappa shape index (κ1) is 21.2. The van der Waals surface area contributed by atoms with E-state index in [0.29, 0.717) is 38.7 Å². The van der Waals surface area contributed by atoms with Crippen LogP contribution in [0, 0.1) is 0 Å². The van der Waals surface area contributed by atoms with Gasteiger partial charge < -0.3 is 25.5 Å². The summed E-state index contributed by atoms with van der Waals surface area (Å²) in [7, 11) is 1.82. The molecule has 1 aromatic heterocycles. The van der Waals surface area contributed by atoms with Crippen LogP contribution in [0.5, 0.6) is 5.75 Å². The van der Waals surface area contributed by atoms with Crippen LogP contribution >= 0.6 is 0 Å². The Balaban J connectivity index is 1.55. The maximum Gasteiger partial charge on any atom is 0.255 e. The van der Waals surface area contributed by atoms with Crippen LogP contribution in [0.15, 0.2) is 41.7 Å². The van der Waals surface area contributed by atoms with Crippen LogP contribution in [-0.4, -0.2) is 76.8 Å². The molecule has 1 fully saturated rings. The van der Waals surface area contributed by atoms with Gasteiger partial charge >= 0.3 is 0 Å². The fourth-order valence-corrected chi connectivity index (χ4v) is 3.19. The average Bonchev–Trinajstić information content (AvgIpc) is 3.16. The minimum absolute atomic E-state index is 0.0206.